The predicted molar refractivity (Wildman–Crippen MR) is 181 cm³/mol. The quantitative estimate of drug-likeness (QED) is 0.255. The molecule has 1 aliphatic carbocycles. The van der Waals surface area contributed by atoms with Gasteiger partial charge in [-0.15, -0.1) is 0 Å². The molecule has 210 valence electrons. The van der Waals surface area contributed by atoms with E-state index in [0.29, 0.717) is 0 Å². The second kappa shape index (κ2) is 12.0. The molecule has 0 fully saturated rings. The van der Waals surface area contributed by atoms with Gasteiger partial charge in [0.25, 0.3) is 0 Å². The van der Waals surface area contributed by atoms with Gasteiger partial charge in [0.1, 0.15) is 0 Å². The zero-order valence-corrected chi connectivity index (χ0v) is 28.3. The van der Waals surface area contributed by atoms with Crippen molar-refractivity contribution in [3.8, 4) is 0 Å². The molecule has 1 nitrogen and oxygen atoms in total. The molecular formula is C36H51NP2. The molecule has 39 heavy (non-hydrogen) atoms. The first-order valence-electron chi connectivity index (χ1n) is 14.3. The zero-order chi connectivity index (χ0) is 29.2. The SMILES string of the molecule is CC(C)(C)P(C(=NC1C=CC=CC1=C(c1ccccc1)P(C(C)(C)C)C(C)(C)C)c1ccccc1)C(C)(C)C. The summed E-state index contributed by atoms with van der Waals surface area (Å²) in [5.41, 5.74) is 5.21. The first-order valence-corrected chi connectivity index (χ1v) is 17.0. The average molecular weight is 560 g/mol. The maximum Gasteiger partial charge on any atom is 0.0947 e. The summed E-state index contributed by atoms with van der Waals surface area (Å²) in [7, 11) is -1.13. The maximum atomic E-state index is 5.77. The van der Waals surface area contributed by atoms with Crippen LogP contribution in [0.15, 0.2) is 95.5 Å². The highest BCUT2D eigenvalue weighted by Crippen LogP contribution is 2.69. The molecule has 0 spiro atoms. The van der Waals surface area contributed by atoms with E-state index >= 15 is 0 Å². The molecule has 0 aromatic heterocycles. The van der Waals surface area contributed by atoms with Crippen molar-refractivity contribution in [2.75, 3.05) is 0 Å². The van der Waals surface area contributed by atoms with Crippen LogP contribution in [0, 0.1) is 0 Å². The molecule has 0 aliphatic heterocycles. The predicted octanol–water partition coefficient (Wildman–Crippen LogP) is 11.5. The van der Waals surface area contributed by atoms with Crippen molar-refractivity contribution in [3.05, 3.63) is 102 Å². The molecule has 1 atom stereocenters. The molecular weight excluding hydrogens is 508 g/mol. The van der Waals surface area contributed by atoms with Crippen molar-refractivity contribution < 1.29 is 0 Å². The molecule has 2 aromatic rings. The fourth-order valence-electron chi connectivity index (χ4n) is 6.18. The topological polar surface area (TPSA) is 12.4 Å². The Bertz CT molecular complexity index is 1190. The normalized spacial score (nSPS) is 18.7. The summed E-state index contributed by atoms with van der Waals surface area (Å²) < 4.78 is 0. The van der Waals surface area contributed by atoms with Crippen molar-refractivity contribution >= 4 is 26.6 Å². The Kier molecular flexibility index (Phi) is 9.73. The first kappa shape index (κ1) is 31.7. The number of benzene rings is 2. The summed E-state index contributed by atoms with van der Waals surface area (Å²) in [6.45, 7) is 28.9. The van der Waals surface area contributed by atoms with E-state index in [1.165, 1.54) is 27.5 Å². The molecule has 0 bridgehead atoms. The van der Waals surface area contributed by atoms with Gasteiger partial charge < -0.3 is 0 Å². The Hall–Kier alpha value is -1.81. The summed E-state index contributed by atoms with van der Waals surface area (Å²) in [5, 5.41) is 2.00. The Morgan fingerprint density at radius 1 is 0.564 bits per heavy atom. The van der Waals surface area contributed by atoms with Crippen molar-refractivity contribution in [3.63, 3.8) is 0 Å². The lowest BCUT2D eigenvalue weighted by Gasteiger charge is -2.45. The minimum absolute atomic E-state index is 0.0233. The number of aliphatic imine (C=N–C) groups is 1. The number of allylic oxidation sites excluding steroid dienone is 2. The molecule has 1 unspecified atom stereocenters. The van der Waals surface area contributed by atoms with Gasteiger partial charge in [0.2, 0.25) is 0 Å². The van der Waals surface area contributed by atoms with Gasteiger partial charge in [0, 0.05) is 5.56 Å². The molecule has 3 rings (SSSR count). The highest BCUT2D eigenvalue weighted by atomic mass is 31.1. The summed E-state index contributed by atoms with van der Waals surface area (Å²) in [5.74, 6) is 0. The Morgan fingerprint density at radius 2 is 1.00 bits per heavy atom. The Morgan fingerprint density at radius 3 is 1.44 bits per heavy atom. The smallest absolute Gasteiger partial charge is 0.0947 e. The Balaban J connectivity index is 2.41. The monoisotopic (exact) mass is 559 g/mol. The van der Waals surface area contributed by atoms with Crippen LogP contribution in [0.25, 0.3) is 5.31 Å². The molecule has 0 saturated carbocycles. The lowest BCUT2D eigenvalue weighted by Crippen LogP contribution is -2.31. The molecule has 0 saturated heterocycles. The van der Waals surface area contributed by atoms with Crippen LogP contribution in [0.4, 0.5) is 0 Å². The van der Waals surface area contributed by atoms with Gasteiger partial charge in [-0.25, -0.2) is 0 Å². The van der Waals surface area contributed by atoms with Crippen molar-refractivity contribution in [1.29, 1.82) is 0 Å². The molecule has 0 N–H and O–H groups in total. The van der Waals surface area contributed by atoms with Crippen LogP contribution in [0.2, 0.25) is 0 Å². The largest absolute Gasteiger partial charge is 0.272 e. The minimum Gasteiger partial charge on any atom is -0.272 e. The van der Waals surface area contributed by atoms with Crippen LogP contribution in [0.1, 0.15) is 94.2 Å². The fraction of sp³-hybridized carbons (Fsp3) is 0.472. The summed E-state index contributed by atoms with van der Waals surface area (Å²) in [4.78, 5) is 5.77. The van der Waals surface area contributed by atoms with E-state index < -0.39 is 15.8 Å². The van der Waals surface area contributed by atoms with E-state index in [1.807, 2.05) is 0 Å². The van der Waals surface area contributed by atoms with E-state index in [9.17, 15) is 0 Å². The van der Waals surface area contributed by atoms with E-state index in [1.54, 1.807) is 0 Å². The Labute approximate surface area is 242 Å². The third-order valence-corrected chi connectivity index (χ3v) is 13.9. The summed E-state index contributed by atoms with van der Waals surface area (Å²) >= 11 is 0. The molecule has 3 heteroatoms. The number of nitrogens with zero attached hydrogens (tertiary/aromatic N) is 1. The van der Waals surface area contributed by atoms with Crippen LogP contribution >= 0.6 is 15.8 Å². The van der Waals surface area contributed by atoms with Crippen LogP contribution in [-0.4, -0.2) is 32.1 Å². The molecule has 0 radical (unpaired) electrons. The van der Waals surface area contributed by atoms with E-state index in [4.69, 9.17) is 4.99 Å². The number of hydrogen-bond acceptors (Lipinski definition) is 1. The lowest BCUT2D eigenvalue weighted by atomic mass is 9.99. The molecule has 2 aromatic carbocycles. The van der Waals surface area contributed by atoms with Gasteiger partial charge >= 0.3 is 0 Å². The third-order valence-electron chi connectivity index (χ3n) is 6.73. The van der Waals surface area contributed by atoms with Crippen LogP contribution < -0.4 is 0 Å². The molecule has 0 heterocycles. The van der Waals surface area contributed by atoms with Crippen LogP contribution in [0.3, 0.4) is 0 Å². The summed E-state index contributed by atoms with van der Waals surface area (Å²) in [6.07, 6.45) is 9.07. The lowest BCUT2D eigenvalue weighted by molar-refractivity contribution is 0.715. The van der Waals surface area contributed by atoms with Crippen LogP contribution in [-0.2, 0) is 0 Å². The highest BCUT2D eigenvalue weighted by Gasteiger charge is 2.41. The maximum absolute atomic E-state index is 5.77. The first-order chi connectivity index (χ1) is 17.9. The highest BCUT2D eigenvalue weighted by molar-refractivity contribution is 7.78. The van der Waals surface area contributed by atoms with Gasteiger partial charge in [-0.1, -0.05) is 176 Å². The second-order valence-corrected chi connectivity index (χ2v) is 22.1. The van der Waals surface area contributed by atoms with Gasteiger partial charge in [0.15, 0.2) is 0 Å². The molecule has 1 aliphatic rings. The van der Waals surface area contributed by atoms with Gasteiger partial charge in [-0.05, 0) is 45.0 Å². The second-order valence-electron chi connectivity index (χ2n) is 14.5. The number of hydrogen-bond donors (Lipinski definition) is 0. The van der Waals surface area contributed by atoms with Crippen LogP contribution in [0.5, 0.6) is 0 Å². The van der Waals surface area contributed by atoms with E-state index in [0.717, 1.165) is 0 Å². The summed E-state index contributed by atoms with van der Waals surface area (Å²) in [6, 6.07) is 22.0. The minimum atomic E-state index is -0.586. The zero-order valence-electron chi connectivity index (χ0n) is 26.5. The van der Waals surface area contributed by atoms with E-state index in [-0.39, 0.29) is 26.7 Å². The third kappa shape index (κ3) is 7.90. The fourth-order valence-corrected chi connectivity index (χ4v) is 14.3. The standard InChI is InChI=1S/C36H51NP2/c1-33(2,3)38(34(4,5)6)31(27-21-15-13-16-22-27)29-25-19-20-26-30(29)37-32(28-23-17-14-18-24-28)39(35(7,8)9)36(10,11)12/h13-26,30H,1-12H3. The van der Waals surface area contributed by atoms with E-state index in [2.05, 4.69) is 168 Å². The van der Waals surface area contributed by atoms with Crippen molar-refractivity contribution in [2.45, 2.75) is 110 Å². The molecule has 0 amide bonds. The average Bonchev–Trinajstić information content (AvgIpc) is 2.80. The van der Waals surface area contributed by atoms with Gasteiger partial charge in [0.05, 0.1) is 11.5 Å². The number of rotatable bonds is 5. The van der Waals surface area contributed by atoms with Crippen molar-refractivity contribution in [2.24, 2.45) is 4.99 Å². The van der Waals surface area contributed by atoms with Crippen molar-refractivity contribution in [1.82, 2.24) is 0 Å². The van der Waals surface area contributed by atoms with Gasteiger partial charge in [-0.2, -0.15) is 0 Å². The van der Waals surface area contributed by atoms with Gasteiger partial charge in [-0.3, -0.25) is 4.99 Å².